The van der Waals surface area contributed by atoms with Crippen LogP contribution in [0.5, 0.6) is 0 Å². The number of aliphatic hydroxyl groups is 1. The molecular weight excluding hydrogens is 284 g/mol. The Balaban J connectivity index is 1.64. The maximum absolute atomic E-state index is 12.6. The molecule has 1 amide bonds. The van der Waals surface area contributed by atoms with Crippen LogP contribution < -0.4 is 5.32 Å². The second-order valence-electron chi connectivity index (χ2n) is 5.77. The molecule has 3 rings (SSSR count). The second-order valence-corrected chi connectivity index (χ2v) is 6.94. The monoisotopic (exact) mass is 306 g/mol. The summed E-state index contributed by atoms with van der Waals surface area (Å²) in [5, 5.41) is 12.4. The summed E-state index contributed by atoms with van der Waals surface area (Å²) in [6.07, 6.45) is 3.50. The highest BCUT2D eigenvalue weighted by atomic mass is 32.2. The van der Waals surface area contributed by atoms with E-state index in [1.54, 1.807) is 11.8 Å². The molecule has 5 heteroatoms. The first-order chi connectivity index (χ1) is 10.3. The lowest BCUT2D eigenvalue weighted by molar-refractivity contribution is 0.0748. The van der Waals surface area contributed by atoms with Gasteiger partial charge in [0.05, 0.1) is 6.61 Å². The zero-order valence-electron chi connectivity index (χ0n) is 12.1. The van der Waals surface area contributed by atoms with Crippen LogP contribution in [0, 0.1) is 0 Å². The first kappa shape index (κ1) is 14.9. The van der Waals surface area contributed by atoms with E-state index >= 15 is 0 Å². The van der Waals surface area contributed by atoms with Crippen LogP contribution in [0.25, 0.3) is 0 Å². The number of likely N-dealkylation sites (tertiary alicyclic amines) is 1. The van der Waals surface area contributed by atoms with E-state index in [2.05, 4.69) is 5.32 Å². The van der Waals surface area contributed by atoms with Crippen molar-refractivity contribution >= 4 is 17.7 Å². The molecule has 2 heterocycles. The molecule has 2 atom stereocenters. The van der Waals surface area contributed by atoms with E-state index in [9.17, 15) is 4.79 Å². The number of carbonyl (C=O) groups is 1. The normalized spacial score (nSPS) is 24.9. The molecule has 0 saturated carbocycles. The first-order valence-electron chi connectivity index (χ1n) is 7.65. The Morgan fingerprint density at radius 1 is 1.24 bits per heavy atom. The fourth-order valence-corrected chi connectivity index (χ4v) is 3.82. The number of fused-ring (bicyclic) bond motifs is 2. The number of hydrogen-bond donors (Lipinski definition) is 2. The summed E-state index contributed by atoms with van der Waals surface area (Å²) in [5.41, 5.74) is 0.765. The number of hydrogen-bond acceptors (Lipinski definition) is 4. The van der Waals surface area contributed by atoms with Crippen LogP contribution in [0.2, 0.25) is 0 Å². The van der Waals surface area contributed by atoms with E-state index in [1.165, 1.54) is 12.8 Å². The summed E-state index contributed by atoms with van der Waals surface area (Å²) in [5.74, 6) is 0.830. The van der Waals surface area contributed by atoms with Crippen LogP contribution in [0.3, 0.4) is 0 Å². The molecule has 2 fully saturated rings. The largest absolute Gasteiger partial charge is 0.396 e. The molecule has 2 bridgehead atoms. The first-order valence-corrected chi connectivity index (χ1v) is 8.64. The van der Waals surface area contributed by atoms with Crippen molar-refractivity contribution in [3.8, 4) is 0 Å². The molecule has 0 aromatic heterocycles. The predicted octanol–water partition coefficient (Wildman–Crippen LogP) is 1.74. The van der Waals surface area contributed by atoms with Crippen LogP contribution in [0.1, 0.15) is 29.6 Å². The third kappa shape index (κ3) is 3.59. The minimum absolute atomic E-state index is 0.142. The highest BCUT2D eigenvalue weighted by molar-refractivity contribution is 7.99. The molecule has 114 valence electrons. The Bertz CT molecular complexity index is 492. The van der Waals surface area contributed by atoms with Crippen LogP contribution in [-0.4, -0.2) is 53.4 Å². The molecule has 0 spiro atoms. The number of benzene rings is 1. The van der Waals surface area contributed by atoms with Crippen LogP contribution in [0.4, 0.5) is 0 Å². The molecule has 1 aromatic rings. The molecule has 2 aliphatic rings. The van der Waals surface area contributed by atoms with Crippen molar-refractivity contribution in [2.45, 2.75) is 36.2 Å². The predicted molar refractivity (Wildman–Crippen MR) is 84.7 cm³/mol. The van der Waals surface area contributed by atoms with Crippen molar-refractivity contribution in [3.63, 3.8) is 0 Å². The molecule has 0 aliphatic carbocycles. The SMILES string of the molecule is O=C(c1ccc(SCCO)cc1)N1CC[C@H]2CC[C@@H](C1)N2. The van der Waals surface area contributed by atoms with Crippen LogP contribution in [0.15, 0.2) is 29.2 Å². The fourth-order valence-electron chi connectivity index (χ4n) is 3.17. The van der Waals surface area contributed by atoms with Crippen molar-refractivity contribution < 1.29 is 9.90 Å². The molecule has 0 radical (unpaired) electrons. The summed E-state index contributed by atoms with van der Waals surface area (Å²) in [4.78, 5) is 15.7. The van der Waals surface area contributed by atoms with Gasteiger partial charge in [-0.3, -0.25) is 4.79 Å². The molecule has 2 N–H and O–H groups in total. The van der Waals surface area contributed by atoms with E-state index in [1.807, 2.05) is 29.2 Å². The Hall–Kier alpha value is -1.04. The van der Waals surface area contributed by atoms with Crippen molar-refractivity contribution in [2.24, 2.45) is 0 Å². The van der Waals surface area contributed by atoms with E-state index < -0.39 is 0 Å². The Morgan fingerprint density at radius 3 is 2.76 bits per heavy atom. The second kappa shape index (κ2) is 6.81. The number of amides is 1. The molecular formula is C16H22N2O2S. The zero-order chi connectivity index (χ0) is 14.7. The maximum atomic E-state index is 12.6. The van der Waals surface area contributed by atoms with E-state index in [4.69, 9.17) is 5.11 Å². The van der Waals surface area contributed by atoms with Gasteiger partial charge in [0, 0.05) is 41.4 Å². The van der Waals surface area contributed by atoms with Gasteiger partial charge in [-0.15, -0.1) is 11.8 Å². The standard InChI is InChI=1S/C16H22N2O2S/c19-9-10-21-15-5-1-12(2-6-15)16(20)18-8-7-13-3-4-14(11-18)17-13/h1-2,5-6,13-14,17,19H,3-4,7-11H2/t13-,14+/m1/s1. The number of nitrogens with one attached hydrogen (secondary N) is 1. The summed E-state index contributed by atoms with van der Waals surface area (Å²) in [6, 6.07) is 8.81. The van der Waals surface area contributed by atoms with Crippen molar-refractivity contribution in [3.05, 3.63) is 29.8 Å². The Kier molecular flexibility index (Phi) is 4.83. The summed E-state index contributed by atoms with van der Waals surface area (Å²) >= 11 is 1.60. The molecule has 4 nitrogen and oxygen atoms in total. The number of aliphatic hydroxyl groups excluding tert-OH is 1. The molecule has 2 saturated heterocycles. The Labute approximate surface area is 129 Å². The van der Waals surface area contributed by atoms with Gasteiger partial charge in [-0.1, -0.05) is 0 Å². The smallest absolute Gasteiger partial charge is 0.253 e. The minimum Gasteiger partial charge on any atom is -0.396 e. The van der Waals surface area contributed by atoms with Crippen molar-refractivity contribution in [1.82, 2.24) is 10.2 Å². The van der Waals surface area contributed by atoms with Gasteiger partial charge in [0.1, 0.15) is 0 Å². The van der Waals surface area contributed by atoms with Gasteiger partial charge >= 0.3 is 0 Å². The quantitative estimate of drug-likeness (QED) is 0.832. The summed E-state index contributed by atoms with van der Waals surface area (Å²) in [7, 11) is 0. The topological polar surface area (TPSA) is 52.6 Å². The van der Waals surface area contributed by atoms with Crippen molar-refractivity contribution in [1.29, 1.82) is 0 Å². The fraction of sp³-hybridized carbons (Fsp3) is 0.562. The highest BCUT2D eigenvalue weighted by Crippen LogP contribution is 2.23. The minimum atomic E-state index is 0.142. The summed E-state index contributed by atoms with van der Waals surface area (Å²) in [6.45, 7) is 1.86. The highest BCUT2D eigenvalue weighted by Gasteiger charge is 2.31. The van der Waals surface area contributed by atoms with Crippen LogP contribution >= 0.6 is 11.8 Å². The van der Waals surface area contributed by atoms with Gasteiger partial charge in [0.15, 0.2) is 0 Å². The van der Waals surface area contributed by atoms with E-state index in [0.29, 0.717) is 17.8 Å². The summed E-state index contributed by atoms with van der Waals surface area (Å²) < 4.78 is 0. The van der Waals surface area contributed by atoms with E-state index in [-0.39, 0.29) is 12.5 Å². The lowest BCUT2D eigenvalue weighted by Crippen LogP contribution is -2.39. The van der Waals surface area contributed by atoms with Gasteiger partial charge in [-0.05, 0) is 43.5 Å². The third-order valence-electron chi connectivity index (χ3n) is 4.27. The number of thioether (sulfide) groups is 1. The van der Waals surface area contributed by atoms with Gasteiger partial charge in [-0.2, -0.15) is 0 Å². The van der Waals surface area contributed by atoms with Crippen LogP contribution in [-0.2, 0) is 0 Å². The van der Waals surface area contributed by atoms with Gasteiger partial charge in [0.25, 0.3) is 5.91 Å². The van der Waals surface area contributed by atoms with Crippen molar-refractivity contribution in [2.75, 3.05) is 25.4 Å². The number of carbonyl (C=O) groups excluding carboxylic acids is 1. The lowest BCUT2D eigenvalue weighted by atomic mass is 10.1. The molecule has 21 heavy (non-hydrogen) atoms. The maximum Gasteiger partial charge on any atom is 0.253 e. The van der Waals surface area contributed by atoms with Gasteiger partial charge in [-0.25, -0.2) is 0 Å². The number of nitrogens with zero attached hydrogens (tertiary/aromatic N) is 1. The van der Waals surface area contributed by atoms with Gasteiger partial charge < -0.3 is 15.3 Å². The van der Waals surface area contributed by atoms with E-state index in [0.717, 1.165) is 30.0 Å². The average molecular weight is 306 g/mol. The average Bonchev–Trinajstić information content (AvgIpc) is 2.84. The van der Waals surface area contributed by atoms with Gasteiger partial charge in [0.2, 0.25) is 0 Å². The third-order valence-corrected chi connectivity index (χ3v) is 5.26. The zero-order valence-corrected chi connectivity index (χ0v) is 12.9. The Morgan fingerprint density at radius 2 is 2.00 bits per heavy atom. The lowest BCUT2D eigenvalue weighted by Gasteiger charge is -2.24. The number of rotatable bonds is 4. The molecule has 1 aromatic carbocycles. The molecule has 0 unspecified atom stereocenters. The molecule has 2 aliphatic heterocycles.